The minimum absolute atomic E-state index is 0.127. The number of fused-ring (bicyclic) bond motifs is 1. The summed E-state index contributed by atoms with van der Waals surface area (Å²) in [5.74, 6) is -0.127. The summed E-state index contributed by atoms with van der Waals surface area (Å²) in [6.07, 6.45) is 3.60. The third kappa shape index (κ3) is 2.50. The molecule has 2 atom stereocenters. The Kier molecular flexibility index (Phi) is 3.12. The second kappa shape index (κ2) is 4.75. The largest absolute Gasteiger partial charge is 0.311 e. The first-order chi connectivity index (χ1) is 8.31. The molecular weight excluding hydrogens is 215 g/mol. The number of piperazine rings is 1. The van der Waals surface area contributed by atoms with Gasteiger partial charge in [0.15, 0.2) is 0 Å². The van der Waals surface area contributed by atoms with E-state index in [1.807, 2.05) is 6.07 Å². The number of nitrogens with one attached hydrogen (secondary N) is 1. The molecule has 0 bridgehead atoms. The van der Waals surface area contributed by atoms with Gasteiger partial charge in [0.2, 0.25) is 0 Å². The molecule has 2 heterocycles. The van der Waals surface area contributed by atoms with Gasteiger partial charge in [-0.15, -0.1) is 0 Å². The molecule has 1 aromatic rings. The third-order valence-corrected chi connectivity index (χ3v) is 3.97. The zero-order chi connectivity index (χ0) is 11.7. The first-order valence-corrected chi connectivity index (χ1v) is 6.53. The normalized spacial score (nSPS) is 29.2. The summed E-state index contributed by atoms with van der Waals surface area (Å²) in [6, 6.07) is 8.20. The van der Waals surface area contributed by atoms with Gasteiger partial charge >= 0.3 is 0 Å². The van der Waals surface area contributed by atoms with Crippen molar-refractivity contribution in [3.63, 3.8) is 0 Å². The van der Waals surface area contributed by atoms with Gasteiger partial charge < -0.3 is 5.32 Å². The van der Waals surface area contributed by atoms with Gasteiger partial charge in [-0.3, -0.25) is 4.90 Å². The van der Waals surface area contributed by atoms with Crippen LogP contribution in [0.1, 0.15) is 18.4 Å². The van der Waals surface area contributed by atoms with Crippen molar-refractivity contribution >= 4 is 0 Å². The Hall–Kier alpha value is -0.930. The highest BCUT2D eigenvalue weighted by molar-refractivity contribution is 5.18. The van der Waals surface area contributed by atoms with E-state index in [4.69, 9.17) is 0 Å². The van der Waals surface area contributed by atoms with Crippen molar-refractivity contribution < 1.29 is 4.39 Å². The SMILES string of the molecule is Fc1cccc(C[C@H]2CN3CCC[C@H]3CN2)c1. The van der Waals surface area contributed by atoms with E-state index in [9.17, 15) is 4.39 Å². The van der Waals surface area contributed by atoms with E-state index >= 15 is 0 Å². The number of halogens is 1. The van der Waals surface area contributed by atoms with Gasteiger partial charge in [-0.1, -0.05) is 12.1 Å². The second-order valence-electron chi connectivity index (χ2n) is 5.23. The molecule has 2 fully saturated rings. The third-order valence-electron chi connectivity index (χ3n) is 3.97. The summed E-state index contributed by atoms with van der Waals surface area (Å²) >= 11 is 0. The summed E-state index contributed by atoms with van der Waals surface area (Å²) in [6.45, 7) is 3.45. The number of benzene rings is 1. The highest BCUT2D eigenvalue weighted by Crippen LogP contribution is 2.21. The average molecular weight is 234 g/mol. The van der Waals surface area contributed by atoms with Gasteiger partial charge in [-0.25, -0.2) is 4.39 Å². The molecule has 3 heteroatoms. The lowest BCUT2D eigenvalue weighted by Crippen LogP contribution is -2.54. The molecule has 2 saturated heterocycles. The molecule has 92 valence electrons. The van der Waals surface area contributed by atoms with Crippen molar-refractivity contribution in [1.82, 2.24) is 10.2 Å². The topological polar surface area (TPSA) is 15.3 Å². The summed E-state index contributed by atoms with van der Waals surface area (Å²) in [5.41, 5.74) is 1.10. The van der Waals surface area contributed by atoms with Gasteiger partial charge in [0.25, 0.3) is 0 Å². The zero-order valence-electron chi connectivity index (χ0n) is 10.0. The van der Waals surface area contributed by atoms with Crippen molar-refractivity contribution in [2.75, 3.05) is 19.6 Å². The van der Waals surface area contributed by atoms with E-state index in [0.717, 1.165) is 31.1 Å². The van der Waals surface area contributed by atoms with Gasteiger partial charge in [-0.05, 0) is 43.5 Å². The molecule has 0 saturated carbocycles. The molecule has 2 aliphatic rings. The van der Waals surface area contributed by atoms with Crippen molar-refractivity contribution in [3.05, 3.63) is 35.6 Å². The lowest BCUT2D eigenvalue weighted by atomic mass is 10.0. The Balaban J connectivity index is 1.62. The van der Waals surface area contributed by atoms with Gasteiger partial charge in [0.05, 0.1) is 0 Å². The minimum Gasteiger partial charge on any atom is -0.311 e. The van der Waals surface area contributed by atoms with Gasteiger partial charge in [0, 0.05) is 25.2 Å². The molecule has 0 aromatic heterocycles. The highest BCUT2D eigenvalue weighted by atomic mass is 19.1. The molecule has 0 amide bonds. The maximum Gasteiger partial charge on any atom is 0.123 e. The summed E-state index contributed by atoms with van der Waals surface area (Å²) in [4.78, 5) is 2.58. The second-order valence-corrected chi connectivity index (χ2v) is 5.23. The first kappa shape index (κ1) is 11.2. The van der Waals surface area contributed by atoms with Crippen LogP contribution in [-0.2, 0) is 6.42 Å². The van der Waals surface area contributed by atoms with E-state index in [2.05, 4.69) is 10.2 Å². The maximum absolute atomic E-state index is 13.1. The molecule has 2 nitrogen and oxygen atoms in total. The maximum atomic E-state index is 13.1. The van der Waals surface area contributed by atoms with Crippen LogP contribution in [0.4, 0.5) is 4.39 Å². The summed E-state index contributed by atoms with van der Waals surface area (Å²) < 4.78 is 13.1. The molecule has 1 N–H and O–H groups in total. The number of rotatable bonds is 2. The Morgan fingerprint density at radius 2 is 2.35 bits per heavy atom. The lowest BCUT2D eigenvalue weighted by molar-refractivity contribution is 0.172. The monoisotopic (exact) mass is 234 g/mol. The predicted octanol–water partition coefficient (Wildman–Crippen LogP) is 1.80. The van der Waals surface area contributed by atoms with E-state index in [1.165, 1.54) is 25.5 Å². The molecule has 2 aliphatic heterocycles. The molecule has 3 rings (SSSR count). The van der Waals surface area contributed by atoms with Gasteiger partial charge in [-0.2, -0.15) is 0 Å². The molecule has 0 unspecified atom stereocenters. The Labute approximate surface area is 102 Å². The highest BCUT2D eigenvalue weighted by Gasteiger charge is 2.30. The van der Waals surface area contributed by atoms with Crippen molar-refractivity contribution in [1.29, 1.82) is 0 Å². The molecule has 17 heavy (non-hydrogen) atoms. The number of nitrogens with zero attached hydrogens (tertiary/aromatic N) is 1. The van der Waals surface area contributed by atoms with Gasteiger partial charge in [0.1, 0.15) is 5.82 Å². The quantitative estimate of drug-likeness (QED) is 0.839. The number of hydrogen-bond donors (Lipinski definition) is 1. The van der Waals surface area contributed by atoms with Crippen LogP contribution in [0.2, 0.25) is 0 Å². The minimum atomic E-state index is -0.127. The van der Waals surface area contributed by atoms with Crippen LogP contribution in [-0.4, -0.2) is 36.6 Å². The van der Waals surface area contributed by atoms with E-state index in [1.54, 1.807) is 12.1 Å². The molecule has 0 radical (unpaired) electrons. The Bertz CT molecular complexity index is 394. The Morgan fingerprint density at radius 3 is 3.24 bits per heavy atom. The molecule has 0 spiro atoms. The summed E-state index contributed by atoms with van der Waals surface area (Å²) in [5, 5.41) is 3.59. The first-order valence-electron chi connectivity index (χ1n) is 6.53. The molecule has 0 aliphatic carbocycles. The fourth-order valence-corrected chi connectivity index (χ4v) is 3.10. The van der Waals surface area contributed by atoms with E-state index in [-0.39, 0.29) is 5.82 Å². The van der Waals surface area contributed by atoms with Crippen LogP contribution < -0.4 is 5.32 Å². The Morgan fingerprint density at radius 1 is 1.41 bits per heavy atom. The van der Waals surface area contributed by atoms with E-state index < -0.39 is 0 Å². The van der Waals surface area contributed by atoms with Crippen LogP contribution in [0, 0.1) is 5.82 Å². The van der Waals surface area contributed by atoms with Crippen molar-refractivity contribution in [2.24, 2.45) is 0 Å². The fourth-order valence-electron chi connectivity index (χ4n) is 3.10. The average Bonchev–Trinajstić information content (AvgIpc) is 2.76. The van der Waals surface area contributed by atoms with Crippen LogP contribution in [0.25, 0.3) is 0 Å². The molecular formula is C14H19FN2. The zero-order valence-corrected chi connectivity index (χ0v) is 10.0. The van der Waals surface area contributed by atoms with Crippen LogP contribution in [0.3, 0.4) is 0 Å². The smallest absolute Gasteiger partial charge is 0.123 e. The van der Waals surface area contributed by atoms with Crippen molar-refractivity contribution in [3.8, 4) is 0 Å². The van der Waals surface area contributed by atoms with Crippen LogP contribution >= 0.6 is 0 Å². The number of hydrogen-bond acceptors (Lipinski definition) is 2. The van der Waals surface area contributed by atoms with Crippen LogP contribution in [0.15, 0.2) is 24.3 Å². The lowest BCUT2D eigenvalue weighted by Gasteiger charge is -2.36. The summed E-state index contributed by atoms with van der Waals surface area (Å²) in [7, 11) is 0. The van der Waals surface area contributed by atoms with Crippen LogP contribution in [0.5, 0.6) is 0 Å². The predicted molar refractivity (Wildman–Crippen MR) is 66.5 cm³/mol. The molecule has 1 aromatic carbocycles. The standard InChI is InChI=1S/C14H19FN2/c15-12-4-1-3-11(7-12)8-13-10-17-6-2-5-14(17)9-16-13/h1,3-4,7,13-14,16H,2,5-6,8-10H2/t13-,14-/m0/s1. The van der Waals surface area contributed by atoms with E-state index in [0.29, 0.717) is 6.04 Å². The fraction of sp³-hybridized carbons (Fsp3) is 0.571. The van der Waals surface area contributed by atoms with Crippen molar-refractivity contribution in [2.45, 2.75) is 31.3 Å².